The largest absolute Gasteiger partial charge is 0.457 e. The standard InChI is InChI=1S/C45H40N4O5/c50-29-31-13-15-34(16-14-31)43-26-40(28-49-30-47-41-11-4-5-12-42(41)49)53-44(54-43)35-19-17-33(18-20-35)36-8-6-7-32(25-36)27-46-45(51)48-37-21-23-39(24-22-37)52-38-9-2-1-3-10-38/h1-25,30,40,43-44,50H,26-29H2,(H2,46,48,51)/t40-,43+,44+/m1/s1. The third-order valence-corrected chi connectivity index (χ3v) is 9.53. The number of aliphatic hydroxyl groups excluding tert-OH is 1. The molecule has 8 rings (SSSR count). The molecule has 9 heteroatoms. The number of urea groups is 1. The number of carbonyl (C=O) groups is 1. The molecule has 1 aromatic heterocycles. The van der Waals surface area contributed by atoms with Gasteiger partial charge in [-0.1, -0.05) is 97.1 Å². The van der Waals surface area contributed by atoms with E-state index in [1.165, 1.54) is 0 Å². The van der Waals surface area contributed by atoms with Gasteiger partial charge in [0.25, 0.3) is 0 Å². The SMILES string of the molecule is O=C(NCc1cccc(-c2ccc([C@H]3O[C@@H](Cn4cnc5ccccc54)C[C@@H](c4ccc(CO)cc4)O3)cc2)c1)Nc1ccc(Oc2ccccc2)cc1. The molecule has 270 valence electrons. The lowest BCUT2D eigenvalue weighted by molar-refractivity contribution is -0.252. The molecule has 1 aliphatic rings. The second-order valence-electron chi connectivity index (χ2n) is 13.3. The maximum Gasteiger partial charge on any atom is 0.319 e. The number of carbonyl (C=O) groups excluding carboxylic acids is 1. The summed E-state index contributed by atoms with van der Waals surface area (Å²) in [6, 6.07) is 48.9. The van der Waals surface area contributed by atoms with Crippen LogP contribution in [-0.2, 0) is 29.2 Å². The van der Waals surface area contributed by atoms with Crippen LogP contribution in [0, 0.1) is 0 Å². The quantitative estimate of drug-likeness (QED) is 0.123. The highest BCUT2D eigenvalue weighted by molar-refractivity contribution is 5.89. The average Bonchev–Trinajstić information content (AvgIpc) is 3.63. The third kappa shape index (κ3) is 8.35. The number of fused-ring (bicyclic) bond motifs is 1. The molecule has 0 bridgehead atoms. The summed E-state index contributed by atoms with van der Waals surface area (Å²) in [5.74, 6) is 1.44. The van der Waals surface area contributed by atoms with Gasteiger partial charge in [0.1, 0.15) is 11.5 Å². The first-order chi connectivity index (χ1) is 26.6. The van der Waals surface area contributed by atoms with Gasteiger partial charge in [-0.3, -0.25) is 0 Å². The van der Waals surface area contributed by atoms with Gasteiger partial charge in [0, 0.05) is 24.2 Å². The molecule has 2 amide bonds. The molecule has 1 saturated heterocycles. The Bertz CT molecular complexity index is 2310. The number of nitrogens with zero attached hydrogens (tertiary/aromatic N) is 2. The molecule has 7 aromatic rings. The molecule has 1 fully saturated rings. The fourth-order valence-corrected chi connectivity index (χ4v) is 6.69. The van der Waals surface area contributed by atoms with E-state index in [9.17, 15) is 9.90 Å². The van der Waals surface area contributed by atoms with E-state index in [0.29, 0.717) is 30.9 Å². The molecule has 9 nitrogen and oxygen atoms in total. The van der Waals surface area contributed by atoms with Gasteiger partial charge in [-0.05, 0) is 82.4 Å². The minimum atomic E-state index is -0.572. The van der Waals surface area contributed by atoms with Crippen LogP contribution in [0.2, 0.25) is 0 Å². The van der Waals surface area contributed by atoms with Crippen LogP contribution in [0.3, 0.4) is 0 Å². The molecule has 0 aliphatic carbocycles. The van der Waals surface area contributed by atoms with Crippen molar-refractivity contribution in [3.8, 4) is 22.6 Å². The van der Waals surface area contributed by atoms with Crippen LogP contribution in [0.25, 0.3) is 22.2 Å². The first-order valence-electron chi connectivity index (χ1n) is 18.0. The first kappa shape index (κ1) is 34.8. The van der Waals surface area contributed by atoms with Crippen molar-refractivity contribution in [2.24, 2.45) is 0 Å². The van der Waals surface area contributed by atoms with E-state index in [2.05, 4.69) is 62.6 Å². The molecule has 2 heterocycles. The fourth-order valence-electron chi connectivity index (χ4n) is 6.69. The van der Waals surface area contributed by atoms with Crippen LogP contribution in [0.1, 0.15) is 41.1 Å². The molecule has 3 N–H and O–H groups in total. The van der Waals surface area contributed by atoms with Gasteiger partial charge in [0.05, 0.1) is 42.7 Å². The highest BCUT2D eigenvalue weighted by Gasteiger charge is 2.32. The zero-order valence-electron chi connectivity index (χ0n) is 29.5. The number of rotatable bonds is 11. The van der Waals surface area contributed by atoms with Crippen LogP contribution < -0.4 is 15.4 Å². The minimum absolute atomic E-state index is 0.00340. The second-order valence-corrected chi connectivity index (χ2v) is 13.3. The Hall–Kier alpha value is -6.26. The van der Waals surface area contributed by atoms with Crippen molar-refractivity contribution in [3.05, 3.63) is 180 Å². The summed E-state index contributed by atoms with van der Waals surface area (Å²) in [6.07, 6.45) is 1.66. The van der Waals surface area contributed by atoms with Crippen LogP contribution in [0.15, 0.2) is 158 Å². The van der Waals surface area contributed by atoms with E-state index in [1.54, 1.807) is 0 Å². The van der Waals surface area contributed by atoms with Gasteiger partial charge in [0.15, 0.2) is 6.29 Å². The number of ether oxygens (including phenoxy) is 3. The molecule has 1 aliphatic heterocycles. The number of benzene rings is 6. The van der Waals surface area contributed by atoms with Crippen molar-refractivity contribution >= 4 is 22.8 Å². The number of nitrogens with one attached hydrogen (secondary N) is 2. The topological polar surface area (TPSA) is 107 Å². The second kappa shape index (κ2) is 16.2. The van der Waals surface area contributed by atoms with Crippen molar-refractivity contribution in [2.75, 3.05) is 5.32 Å². The van der Waals surface area contributed by atoms with Crippen LogP contribution in [-0.4, -0.2) is 26.8 Å². The van der Waals surface area contributed by atoms with Gasteiger partial charge < -0.3 is 34.5 Å². The molecular weight excluding hydrogens is 677 g/mol. The Kier molecular flexibility index (Phi) is 10.4. The van der Waals surface area contributed by atoms with Gasteiger partial charge in [-0.15, -0.1) is 0 Å². The summed E-state index contributed by atoms with van der Waals surface area (Å²) < 4.78 is 21.2. The summed E-state index contributed by atoms with van der Waals surface area (Å²) in [7, 11) is 0. The Morgan fingerprint density at radius 3 is 2.28 bits per heavy atom. The summed E-state index contributed by atoms with van der Waals surface area (Å²) in [5.41, 5.74) is 8.56. The van der Waals surface area contributed by atoms with Crippen LogP contribution in [0.4, 0.5) is 10.5 Å². The zero-order chi connectivity index (χ0) is 36.7. The fraction of sp³-hybridized carbons (Fsp3) is 0.156. The van der Waals surface area contributed by atoms with E-state index >= 15 is 0 Å². The predicted molar refractivity (Wildman–Crippen MR) is 209 cm³/mol. The van der Waals surface area contributed by atoms with Gasteiger partial charge in [0.2, 0.25) is 0 Å². The lowest BCUT2D eigenvalue weighted by Crippen LogP contribution is -2.32. The number of amides is 2. The van der Waals surface area contributed by atoms with Crippen molar-refractivity contribution < 1.29 is 24.1 Å². The molecule has 3 atom stereocenters. The Morgan fingerprint density at radius 1 is 0.741 bits per heavy atom. The van der Waals surface area contributed by atoms with E-state index in [-0.39, 0.29) is 24.8 Å². The lowest BCUT2D eigenvalue weighted by atomic mass is 9.99. The van der Waals surface area contributed by atoms with Crippen LogP contribution >= 0.6 is 0 Å². The Balaban J connectivity index is 0.915. The zero-order valence-corrected chi connectivity index (χ0v) is 29.5. The highest BCUT2D eigenvalue weighted by Crippen LogP contribution is 2.39. The number of para-hydroxylation sites is 3. The number of aliphatic hydroxyl groups is 1. The number of aromatic nitrogens is 2. The van der Waals surface area contributed by atoms with Crippen molar-refractivity contribution in [1.82, 2.24) is 14.9 Å². The highest BCUT2D eigenvalue weighted by atomic mass is 16.7. The molecule has 0 radical (unpaired) electrons. The van der Waals surface area contributed by atoms with E-state index in [0.717, 1.165) is 50.2 Å². The smallest absolute Gasteiger partial charge is 0.319 e. The summed E-state index contributed by atoms with van der Waals surface area (Å²) in [6.45, 7) is 1.00. The number of hydrogen-bond acceptors (Lipinski definition) is 6. The average molecular weight is 717 g/mol. The normalized spacial score (nSPS) is 16.9. The van der Waals surface area contributed by atoms with Crippen LogP contribution in [0.5, 0.6) is 11.5 Å². The number of anilines is 1. The first-order valence-corrected chi connectivity index (χ1v) is 18.0. The third-order valence-electron chi connectivity index (χ3n) is 9.53. The number of hydrogen-bond donors (Lipinski definition) is 3. The van der Waals surface area contributed by atoms with E-state index in [1.807, 2.05) is 116 Å². The molecule has 0 unspecified atom stereocenters. The molecule has 0 spiro atoms. The monoisotopic (exact) mass is 716 g/mol. The Labute approximate surface area is 313 Å². The Morgan fingerprint density at radius 2 is 1.48 bits per heavy atom. The van der Waals surface area contributed by atoms with Gasteiger partial charge in [-0.25, -0.2) is 9.78 Å². The number of imidazole rings is 1. The van der Waals surface area contributed by atoms with E-state index in [4.69, 9.17) is 14.2 Å². The lowest BCUT2D eigenvalue weighted by Gasteiger charge is -2.36. The molecular formula is C45H40N4O5. The summed E-state index contributed by atoms with van der Waals surface area (Å²) in [4.78, 5) is 17.3. The molecule has 6 aromatic carbocycles. The van der Waals surface area contributed by atoms with Crippen molar-refractivity contribution in [3.63, 3.8) is 0 Å². The summed E-state index contributed by atoms with van der Waals surface area (Å²) >= 11 is 0. The van der Waals surface area contributed by atoms with Crippen molar-refractivity contribution in [1.29, 1.82) is 0 Å². The van der Waals surface area contributed by atoms with Crippen molar-refractivity contribution in [2.45, 2.75) is 44.6 Å². The van der Waals surface area contributed by atoms with Gasteiger partial charge in [-0.2, -0.15) is 0 Å². The maximum atomic E-state index is 12.7. The molecule has 54 heavy (non-hydrogen) atoms. The maximum absolute atomic E-state index is 12.7. The minimum Gasteiger partial charge on any atom is -0.457 e. The molecule has 0 saturated carbocycles. The summed E-state index contributed by atoms with van der Waals surface area (Å²) in [5, 5.41) is 15.4. The van der Waals surface area contributed by atoms with E-state index < -0.39 is 6.29 Å². The predicted octanol–water partition coefficient (Wildman–Crippen LogP) is 9.56. The van der Waals surface area contributed by atoms with Gasteiger partial charge >= 0.3 is 6.03 Å².